The molecule has 0 heterocycles. The summed E-state index contributed by atoms with van der Waals surface area (Å²) in [6.45, 7) is 12.8. The molecule has 17 heavy (non-hydrogen) atoms. The lowest BCUT2D eigenvalue weighted by Gasteiger charge is -2.15. The molecule has 3 heteroatoms. The monoisotopic (exact) mass is 242 g/mol. The summed E-state index contributed by atoms with van der Waals surface area (Å²) in [5.41, 5.74) is 1.74. The fourth-order valence-corrected chi connectivity index (χ4v) is 1.58. The van der Waals surface area contributed by atoms with E-state index in [0.29, 0.717) is 24.7 Å². The molecular formula is C14H26O3. The van der Waals surface area contributed by atoms with Crippen molar-refractivity contribution in [1.29, 1.82) is 0 Å². The number of ether oxygens (including phenoxy) is 2. The Morgan fingerprint density at radius 2 is 1.76 bits per heavy atom. The molecule has 0 amide bonds. The maximum atomic E-state index is 11.9. The van der Waals surface area contributed by atoms with Gasteiger partial charge in [0.15, 0.2) is 0 Å². The maximum absolute atomic E-state index is 11.9. The summed E-state index contributed by atoms with van der Waals surface area (Å²) < 4.78 is 10.6. The van der Waals surface area contributed by atoms with E-state index in [9.17, 15) is 4.79 Å². The summed E-state index contributed by atoms with van der Waals surface area (Å²) in [6.07, 6.45) is 0.807. The van der Waals surface area contributed by atoms with E-state index in [4.69, 9.17) is 9.47 Å². The highest BCUT2D eigenvalue weighted by molar-refractivity contribution is 5.89. The molecule has 0 unspecified atom stereocenters. The second-order valence-corrected chi connectivity index (χ2v) is 4.95. The first-order valence-corrected chi connectivity index (χ1v) is 6.35. The highest BCUT2D eigenvalue weighted by Gasteiger charge is 2.16. The van der Waals surface area contributed by atoms with Crippen molar-refractivity contribution in [2.24, 2.45) is 5.92 Å². The minimum Gasteiger partial charge on any atom is -0.460 e. The van der Waals surface area contributed by atoms with Gasteiger partial charge in [0, 0.05) is 6.61 Å². The Labute approximate surface area is 105 Å². The molecule has 0 saturated heterocycles. The van der Waals surface area contributed by atoms with E-state index < -0.39 is 0 Å². The van der Waals surface area contributed by atoms with Crippen molar-refractivity contribution >= 4 is 5.97 Å². The first kappa shape index (κ1) is 16.2. The zero-order valence-electron chi connectivity index (χ0n) is 12.0. The first-order valence-electron chi connectivity index (χ1n) is 6.35. The summed E-state index contributed by atoms with van der Waals surface area (Å²) in [5, 5.41) is 0. The van der Waals surface area contributed by atoms with Crippen LogP contribution in [0.3, 0.4) is 0 Å². The molecular weight excluding hydrogens is 216 g/mol. The van der Waals surface area contributed by atoms with Gasteiger partial charge in [-0.05, 0) is 40.0 Å². The van der Waals surface area contributed by atoms with E-state index in [-0.39, 0.29) is 12.1 Å². The fraction of sp³-hybridized carbons (Fsp3) is 0.786. The topological polar surface area (TPSA) is 35.5 Å². The predicted octanol–water partition coefficient (Wildman–Crippen LogP) is 3.34. The summed E-state index contributed by atoms with van der Waals surface area (Å²) in [7, 11) is 0. The van der Waals surface area contributed by atoms with E-state index in [2.05, 4.69) is 13.8 Å². The number of hydrogen-bond donors (Lipinski definition) is 0. The van der Waals surface area contributed by atoms with E-state index >= 15 is 0 Å². The van der Waals surface area contributed by atoms with Gasteiger partial charge in [0.1, 0.15) is 0 Å². The van der Waals surface area contributed by atoms with Crippen LogP contribution in [0.15, 0.2) is 11.1 Å². The van der Waals surface area contributed by atoms with Crippen LogP contribution >= 0.6 is 0 Å². The van der Waals surface area contributed by atoms with E-state index in [1.807, 2.05) is 27.7 Å². The number of carbonyl (C=O) groups excluding carboxylic acids is 1. The van der Waals surface area contributed by atoms with Gasteiger partial charge in [-0.2, -0.15) is 0 Å². The Kier molecular flexibility index (Phi) is 7.88. The molecule has 0 rings (SSSR count). The van der Waals surface area contributed by atoms with Crippen molar-refractivity contribution in [1.82, 2.24) is 0 Å². The number of rotatable bonds is 7. The Balaban J connectivity index is 4.77. The van der Waals surface area contributed by atoms with E-state index in [1.54, 1.807) is 0 Å². The first-order chi connectivity index (χ1) is 7.88. The van der Waals surface area contributed by atoms with Crippen LogP contribution in [0.5, 0.6) is 0 Å². The Hall–Kier alpha value is -0.830. The SMILES string of the molecule is CCOCC(C(=O)OC(C)C)=C(C)CC(C)C. The third-order valence-corrected chi connectivity index (χ3v) is 2.27. The molecule has 0 aromatic heterocycles. The summed E-state index contributed by atoms with van der Waals surface area (Å²) >= 11 is 0. The normalized spacial score (nSPS) is 12.9. The van der Waals surface area contributed by atoms with E-state index in [1.165, 1.54) is 0 Å². The summed E-state index contributed by atoms with van der Waals surface area (Å²) in [5.74, 6) is 0.282. The standard InChI is InChI=1S/C14H26O3/c1-7-16-9-13(12(6)8-10(2)3)14(15)17-11(4)5/h10-11H,7-9H2,1-6H3. The van der Waals surface area contributed by atoms with Gasteiger partial charge in [-0.15, -0.1) is 0 Å². The molecule has 0 radical (unpaired) electrons. The summed E-state index contributed by atoms with van der Waals surface area (Å²) in [4.78, 5) is 11.9. The lowest BCUT2D eigenvalue weighted by atomic mass is 10.00. The van der Waals surface area contributed by atoms with Gasteiger partial charge in [0.2, 0.25) is 0 Å². The van der Waals surface area contributed by atoms with Gasteiger partial charge >= 0.3 is 5.97 Å². The maximum Gasteiger partial charge on any atom is 0.336 e. The summed E-state index contributed by atoms with van der Waals surface area (Å²) in [6, 6.07) is 0. The predicted molar refractivity (Wildman–Crippen MR) is 69.9 cm³/mol. The second kappa shape index (κ2) is 8.29. The Bertz CT molecular complexity index is 265. The molecule has 0 bridgehead atoms. The van der Waals surface area contributed by atoms with Crippen LogP contribution in [0.4, 0.5) is 0 Å². The lowest BCUT2D eigenvalue weighted by Crippen LogP contribution is -2.18. The fourth-order valence-electron chi connectivity index (χ4n) is 1.58. The Morgan fingerprint density at radius 1 is 1.18 bits per heavy atom. The van der Waals surface area contributed by atoms with Gasteiger partial charge in [-0.25, -0.2) is 4.79 Å². The van der Waals surface area contributed by atoms with Crippen LogP contribution in [0.1, 0.15) is 48.0 Å². The second-order valence-electron chi connectivity index (χ2n) is 4.95. The third-order valence-electron chi connectivity index (χ3n) is 2.27. The zero-order chi connectivity index (χ0) is 13.4. The smallest absolute Gasteiger partial charge is 0.336 e. The quantitative estimate of drug-likeness (QED) is 0.507. The molecule has 0 aromatic rings. The zero-order valence-corrected chi connectivity index (χ0v) is 12.0. The Morgan fingerprint density at radius 3 is 2.18 bits per heavy atom. The number of esters is 1. The van der Waals surface area contributed by atoms with Crippen LogP contribution in [0.25, 0.3) is 0 Å². The van der Waals surface area contributed by atoms with Crippen LogP contribution in [0.2, 0.25) is 0 Å². The highest BCUT2D eigenvalue weighted by atomic mass is 16.5. The molecule has 0 aromatic carbocycles. The molecule has 100 valence electrons. The number of carbonyl (C=O) groups is 1. The van der Waals surface area contributed by atoms with Crippen molar-refractivity contribution in [3.8, 4) is 0 Å². The van der Waals surface area contributed by atoms with Gasteiger partial charge in [-0.3, -0.25) is 0 Å². The molecule has 0 atom stereocenters. The van der Waals surface area contributed by atoms with Gasteiger partial charge in [0.05, 0.1) is 18.3 Å². The van der Waals surface area contributed by atoms with Gasteiger partial charge in [-0.1, -0.05) is 19.4 Å². The third kappa shape index (κ3) is 7.16. The molecule has 0 aliphatic rings. The van der Waals surface area contributed by atoms with Crippen molar-refractivity contribution in [2.75, 3.05) is 13.2 Å². The average molecular weight is 242 g/mol. The van der Waals surface area contributed by atoms with Crippen molar-refractivity contribution in [3.63, 3.8) is 0 Å². The van der Waals surface area contributed by atoms with Crippen LogP contribution in [0, 0.1) is 5.92 Å². The van der Waals surface area contributed by atoms with E-state index in [0.717, 1.165) is 12.0 Å². The van der Waals surface area contributed by atoms with Crippen molar-refractivity contribution < 1.29 is 14.3 Å². The van der Waals surface area contributed by atoms with Crippen molar-refractivity contribution in [2.45, 2.75) is 54.1 Å². The molecule has 3 nitrogen and oxygen atoms in total. The van der Waals surface area contributed by atoms with Crippen LogP contribution in [-0.2, 0) is 14.3 Å². The molecule has 0 aliphatic heterocycles. The minimum atomic E-state index is -0.244. The number of allylic oxidation sites excluding steroid dienone is 1. The largest absolute Gasteiger partial charge is 0.460 e. The van der Waals surface area contributed by atoms with Crippen LogP contribution in [-0.4, -0.2) is 25.3 Å². The molecule has 0 fully saturated rings. The molecule has 0 saturated carbocycles. The lowest BCUT2D eigenvalue weighted by molar-refractivity contribution is -0.143. The van der Waals surface area contributed by atoms with Crippen molar-refractivity contribution in [3.05, 3.63) is 11.1 Å². The average Bonchev–Trinajstić information content (AvgIpc) is 2.15. The minimum absolute atomic E-state index is 0.0917. The van der Waals surface area contributed by atoms with Gasteiger partial charge < -0.3 is 9.47 Å². The van der Waals surface area contributed by atoms with Gasteiger partial charge in [0.25, 0.3) is 0 Å². The molecule has 0 spiro atoms. The molecule has 0 N–H and O–H groups in total. The number of hydrogen-bond acceptors (Lipinski definition) is 3. The van der Waals surface area contributed by atoms with Crippen LogP contribution < -0.4 is 0 Å². The highest BCUT2D eigenvalue weighted by Crippen LogP contribution is 2.16. The molecule has 0 aliphatic carbocycles.